The highest BCUT2D eigenvalue weighted by molar-refractivity contribution is 14.1. The third-order valence-electron chi connectivity index (χ3n) is 2.24. The SMILES string of the molecule is O=C(NCCOCC(F)F)Nc1ccc(I)cc1C(=O)O. The molecule has 21 heavy (non-hydrogen) atoms. The monoisotopic (exact) mass is 414 g/mol. The molecule has 3 N–H and O–H groups in total. The predicted molar refractivity (Wildman–Crippen MR) is 80.0 cm³/mol. The number of hydrogen-bond acceptors (Lipinski definition) is 3. The van der Waals surface area contributed by atoms with Gasteiger partial charge in [-0.3, -0.25) is 0 Å². The highest BCUT2D eigenvalue weighted by Crippen LogP contribution is 2.18. The van der Waals surface area contributed by atoms with Crippen molar-refractivity contribution in [3.05, 3.63) is 27.3 Å². The van der Waals surface area contributed by atoms with Crippen molar-refractivity contribution in [3.63, 3.8) is 0 Å². The van der Waals surface area contributed by atoms with Gasteiger partial charge in [0.2, 0.25) is 0 Å². The Hall–Kier alpha value is -1.49. The van der Waals surface area contributed by atoms with Gasteiger partial charge in [-0.15, -0.1) is 0 Å². The zero-order valence-electron chi connectivity index (χ0n) is 10.7. The van der Waals surface area contributed by atoms with Crippen molar-refractivity contribution in [2.75, 3.05) is 25.1 Å². The molecule has 0 heterocycles. The summed E-state index contributed by atoms with van der Waals surface area (Å²) < 4.78 is 28.9. The maximum absolute atomic E-state index is 11.8. The van der Waals surface area contributed by atoms with Crippen molar-refractivity contribution in [3.8, 4) is 0 Å². The highest BCUT2D eigenvalue weighted by Gasteiger charge is 2.12. The average molecular weight is 414 g/mol. The number of halogens is 3. The molecule has 0 unspecified atom stereocenters. The summed E-state index contributed by atoms with van der Waals surface area (Å²) in [7, 11) is 0. The number of carboxylic acids is 1. The van der Waals surface area contributed by atoms with Crippen LogP contribution in [-0.4, -0.2) is 43.3 Å². The van der Waals surface area contributed by atoms with Gasteiger partial charge < -0.3 is 20.5 Å². The second-order valence-corrected chi connectivity index (χ2v) is 5.09. The molecule has 0 aliphatic rings. The van der Waals surface area contributed by atoms with E-state index in [4.69, 9.17) is 5.11 Å². The Balaban J connectivity index is 2.46. The van der Waals surface area contributed by atoms with E-state index >= 15 is 0 Å². The van der Waals surface area contributed by atoms with Crippen LogP contribution < -0.4 is 10.6 Å². The molecule has 116 valence electrons. The minimum Gasteiger partial charge on any atom is -0.478 e. The van der Waals surface area contributed by atoms with Gasteiger partial charge in [0.1, 0.15) is 6.61 Å². The summed E-state index contributed by atoms with van der Waals surface area (Å²) >= 11 is 1.96. The molecule has 0 saturated heterocycles. The summed E-state index contributed by atoms with van der Waals surface area (Å²) in [5.74, 6) is -1.16. The van der Waals surface area contributed by atoms with E-state index in [0.717, 1.165) is 3.57 Å². The van der Waals surface area contributed by atoms with Crippen molar-refractivity contribution in [2.45, 2.75) is 6.43 Å². The number of carbonyl (C=O) groups is 2. The number of rotatable bonds is 7. The fourth-order valence-electron chi connectivity index (χ4n) is 1.38. The lowest BCUT2D eigenvalue weighted by Gasteiger charge is -2.10. The van der Waals surface area contributed by atoms with Crippen LogP contribution in [0.2, 0.25) is 0 Å². The topological polar surface area (TPSA) is 87.7 Å². The first-order valence-corrected chi connectivity index (χ1v) is 6.91. The first kappa shape index (κ1) is 17.6. The number of anilines is 1. The Labute approximate surface area is 133 Å². The smallest absolute Gasteiger partial charge is 0.337 e. The van der Waals surface area contributed by atoms with Crippen LogP contribution in [-0.2, 0) is 4.74 Å². The van der Waals surface area contributed by atoms with Crippen LogP contribution in [0.15, 0.2) is 18.2 Å². The second kappa shape index (κ2) is 8.72. The van der Waals surface area contributed by atoms with Crippen molar-refractivity contribution in [2.24, 2.45) is 0 Å². The van der Waals surface area contributed by atoms with Crippen LogP contribution in [0.3, 0.4) is 0 Å². The molecular weight excluding hydrogens is 401 g/mol. The molecule has 0 saturated carbocycles. The molecule has 2 amide bonds. The molecule has 0 bridgehead atoms. The van der Waals surface area contributed by atoms with E-state index in [0.29, 0.717) is 0 Å². The van der Waals surface area contributed by atoms with Gasteiger partial charge in [0.25, 0.3) is 6.43 Å². The number of benzene rings is 1. The van der Waals surface area contributed by atoms with Gasteiger partial charge in [0.05, 0.1) is 17.9 Å². The maximum Gasteiger partial charge on any atom is 0.337 e. The number of alkyl halides is 2. The maximum atomic E-state index is 11.8. The van der Waals surface area contributed by atoms with Crippen LogP contribution in [0.1, 0.15) is 10.4 Å². The molecular formula is C12H13F2IN2O4. The molecule has 0 spiro atoms. The van der Waals surface area contributed by atoms with Crippen molar-refractivity contribution < 1.29 is 28.2 Å². The number of ether oxygens (including phenoxy) is 1. The van der Waals surface area contributed by atoms with E-state index in [2.05, 4.69) is 15.4 Å². The quantitative estimate of drug-likeness (QED) is 0.473. The molecule has 0 atom stereocenters. The van der Waals surface area contributed by atoms with Crippen LogP contribution in [0.25, 0.3) is 0 Å². The largest absolute Gasteiger partial charge is 0.478 e. The predicted octanol–water partition coefficient (Wildman–Crippen LogP) is 2.39. The third-order valence-corrected chi connectivity index (χ3v) is 2.91. The van der Waals surface area contributed by atoms with E-state index < -0.39 is 25.0 Å². The average Bonchev–Trinajstić information content (AvgIpc) is 2.39. The van der Waals surface area contributed by atoms with Gasteiger partial charge in [-0.2, -0.15) is 0 Å². The van der Waals surface area contributed by atoms with Crippen molar-refractivity contribution >= 4 is 40.3 Å². The summed E-state index contributed by atoms with van der Waals surface area (Å²) in [4.78, 5) is 22.6. The Kier molecular flexibility index (Phi) is 7.29. The first-order valence-electron chi connectivity index (χ1n) is 5.83. The van der Waals surface area contributed by atoms with Gasteiger partial charge in [-0.25, -0.2) is 18.4 Å². The van der Waals surface area contributed by atoms with Gasteiger partial charge >= 0.3 is 12.0 Å². The lowest BCUT2D eigenvalue weighted by Crippen LogP contribution is -2.32. The number of aromatic carboxylic acids is 1. The summed E-state index contributed by atoms with van der Waals surface area (Å²) in [5.41, 5.74) is 0.111. The molecule has 0 fully saturated rings. The highest BCUT2D eigenvalue weighted by atomic mass is 127. The molecule has 0 aliphatic carbocycles. The summed E-state index contributed by atoms with van der Waals surface area (Å²) in [6, 6.07) is 3.90. The van der Waals surface area contributed by atoms with E-state index in [1.54, 1.807) is 6.07 Å². The molecule has 1 rings (SSSR count). The van der Waals surface area contributed by atoms with Crippen LogP contribution >= 0.6 is 22.6 Å². The molecule has 6 nitrogen and oxygen atoms in total. The van der Waals surface area contributed by atoms with E-state index in [-0.39, 0.29) is 24.4 Å². The zero-order chi connectivity index (χ0) is 15.8. The van der Waals surface area contributed by atoms with E-state index in [9.17, 15) is 18.4 Å². The molecule has 0 radical (unpaired) electrons. The second-order valence-electron chi connectivity index (χ2n) is 3.84. The summed E-state index contributed by atoms with van der Waals surface area (Å²) in [6.07, 6.45) is -2.55. The molecule has 0 aromatic heterocycles. The van der Waals surface area contributed by atoms with Crippen LogP contribution in [0, 0.1) is 3.57 Å². The summed E-state index contributed by atoms with van der Waals surface area (Å²) in [6.45, 7) is -0.717. The Morgan fingerprint density at radius 2 is 2.10 bits per heavy atom. The zero-order valence-corrected chi connectivity index (χ0v) is 12.9. The molecule has 1 aromatic rings. The number of carboxylic acid groups (broad SMARTS) is 1. The van der Waals surface area contributed by atoms with Gasteiger partial charge in [-0.05, 0) is 40.8 Å². The number of urea groups is 1. The normalized spacial score (nSPS) is 10.5. The minimum absolute atomic E-state index is 0.0331. The molecule has 1 aromatic carbocycles. The fourth-order valence-corrected chi connectivity index (χ4v) is 1.87. The lowest BCUT2D eigenvalue weighted by atomic mass is 10.2. The minimum atomic E-state index is -2.55. The van der Waals surface area contributed by atoms with Gasteiger partial charge in [0, 0.05) is 10.1 Å². The molecule has 9 heteroatoms. The Bertz CT molecular complexity index is 514. The molecule has 0 aliphatic heterocycles. The van der Waals surface area contributed by atoms with Crippen LogP contribution in [0.4, 0.5) is 19.3 Å². The number of nitrogens with one attached hydrogen (secondary N) is 2. The number of amides is 2. The summed E-state index contributed by atoms with van der Waals surface area (Å²) in [5, 5.41) is 13.8. The van der Waals surface area contributed by atoms with Gasteiger partial charge in [-0.1, -0.05) is 0 Å². The van der Waals surface area contributed by atoms with E-state index in [1.165, 1.54) is 12.1 Å². The van der Waals surface area contributed by atoms with Crippen LogP contribution in [0.5, 0.6) is 0 Å². The van der Waals surface area contributed by atoms with Crippen molar-refractivity contribution in [1.82, 2.24) is 5.32 Å². The third kappa shape index (κ3) is 6.67. The Morgan fingerprint density at radius 3 is 2.71 bits per heavy atom. The van der Waals surface area contributed by atoms with Gasteiger partial charge in [0.15, 0.2) is 0 Å². The lowest BCUT2D eigenvalue weighted by molar-refractivity contribution is 0.0194. The number of hydrogen-bond donors (Lipinski definition) is 3. The standard InChI is InChI=1S/C12H13F2IN2O4/c13-10(14)6-21-4-3-16-12(20)17-9-2-1-7(15)5-8(9)11(18)19/h1-2,5,10H,3-4,6H2,(H,18,19)(H2,16,17,20). The van der Waals surface area contributed by atoms with Crippen molar-refractivity contribution in [1.29, 1.82) is 0 Å². The first-order chi connectivity index (χ1) is 9.90. The Morgan fingerprint density at radius 1 is 1.38 bits per heavy atom. The number of carbonyl (C=O) groups excluding carboxylic acids is 1. The van der Waals surface area contributed by atoms with E-state index in [1.807, 2.05) is 22.6 Å². The fraction of sp³-hybridized carbons (Fsp3) is 0.333.